The Labute approximate surface area is 177 Å². The number of rotatable bonds is 3. The van der Waals surface area contributed by atoms with Crippen molar-refractivity contribution in [2.75, 3.05) is 31.1 Å². The standard InChI is InChI=1S/C18H17Cl2N5O3S/c19-13-4-6-18(20,17-16(13)22-28-23-17)29(26,27)25-9-5-12-14(2-1-3-15(12)25)24-10-7-21-8-11-24/h1-6,9,21-22H,7-8,10-11H2. The molecule has 29 heavy (non-hydrogen) atoms. The van der Waals surface area contributed by atoms with Crippen LogP contribution in [-0.4, -0.2) is 48.5 Å². The number of aromatic nitrogens is 1. The number of alkyl halides is 1. The van der Waals surface area contributed by atoms with Crippen LogP contribution in [0.15, 0.2) is 58.5 Å². The molecule has 1 fully saturated rings. The van der Waals surface area contributed by atoms with Crippen LogP contribution in [0.25, 0.3) is 10.9 Å². The highest BCUT2D eigenvalue weighted by Gasteiger charge is 2.52. The van der Waals surface area contributed by atoms with Gasteiger partial charge in [-0.25, -0.2) is 12.4 Å². The van der Waals surface area contributed by atoms with Crippen LogP contribution in [0.2, 0.25) is 0 Å². The number of allylic oxidation sites excluding steroid dienone is 3. The number of fused-ring (bicyclic) bond motifs is 2. The van der Waals surface area contributed by atoms with Gasteiger partial charge in [0.15, 0.2) is 5.71 Å². The smallest absolute Gasteiger partial charge is 0.268 e. The summed E-state index contributed by atoms with van der Waals surface area (Å²) in [6, 6.07) is 7.41. The Morgan fingerprint density at radius 1 is 1.21 bits per heavy atom. The predicted octanol–water partition coefficient (Wildman–Crippen LogP) is 2.07. The fraction of sp³-hybridized carbons (Fsp3) is 0.278. The van der Waals surface area contributed by atoms with E-state index in [-0.39, 0.29) is 16.4 Å². The second-order valence-corrected chi connectivity index (χ2v) is 10.1. The molecule has 2 aliphatic heterocycles. The summed E-state index contributed by atoms with van der Waals surface area (Å²) in [5.41, 5.74) is 4.28. The Kier molecular flexibility index (Phi) is 4.32. The molecule has 3 aliphatic rings. The van der Waals surface area contributed by atoms with Crippen molar-refractivity contribution in [1.82, 2.24) is 14.8 Å². The van der Waals surface area contributed by atoms with Gasteiger partial charge < -0.3 is 10.2 Å². The Hall–Kier alpha value is -2.20. The second-order valence-electron chi connectivity index (χ2n) is 6.90. The molecule has 152 valence electrons. The molecular formula is C18H17Cl2N5O3S. The zero-order valence-electron chi connectivity index (χ0n) is 15.1. The molecule has 3 heterocycles. The summed E-state index contributed by atoms with van der Waals surface area (Å²) in [5.74, 6) is 0. The molecule has 1 saturated heterocycles. The average Bonchev–Trinajstić information content (AvgIpc) is 3.39. The highest BCUT2D eigenvalue weighted by atomic mass is 35.5. The van der Waals surface area contributed by atoms with E-state index < -0.39 is 14.2 Å². The zero-order valence-corrected chi connectivity index (χ0v) is 17.4. The number of nitrogens with zero attached hydrogens (tertiary/aromatic N) is 3. The van der Waals surface area contributed by atoms with E-state index in [9.17, 15) is 8.42 Å². The maximum Gasteiger partial charge on any atom is 0.268 e. The van der Waals surface area contributed by atoms with Crippen LogP contribution in [0, 0.1) is 0 Å². The van der Waals surface area contributed by atoms with Gasteiger partial charge in [-0.05, 0) is 30.4 Å². The lowest BCUT2D eigenvalue weighted by Crippen LogP contribution is -2.45. The van der Waals surface area contributed by atoms with Crippen LogP contribution in [-0.2, 0) is 15.0 Å². The van der Waals surface area contributed by atoms with Crippen LogP contribution in [0.5, 0.6) is 0 Å². The summed E-state index contributed by atoms with van der Waals surface area (Å²) in [6.45, 7) is 3.47. The van der Waals surface area contributed by atoms with Gasteiger partial charge in [-0.1, -0.05) is 34.4 Å². The maximum absolute atomic E-state index is 13.6. The van der Waals surface area contributed by atoms with Crippen LogP contribution < -0.4 is 15.7 Å². The fourth-order valence-corrected chi connectivity index (χ4v) is 5.97. The van der Waals surface area contributed by atoms with E-state index in [2.05, 4.69) is 20.9 Å². The number of hydroxylamine groups is 1. The SMILES string of the molecule is O=S(=O)(n1ccc2c(N3CCNCC3)cccc21)C1(Cl)C=CC(Cl)=C2NON=C21. The van der Waals surface area contributed by atoms with Gasteiger partial charge in [0.2, 0.25) is 4.21 Å². The topological polar surface area (TPSA) is 88.0 Å². The molecule has 1 unspecified atom stereocenters. The summed E-state index contributed by atoms with van der Waals surface area (Å²) >= 11 is 12.8. The first-order valence-electron chi connectivity index (χ1n) is 9.03. The van der Waals surface area contributed by atoms with Crippen LogP contribution in [0.1, 0.15) is 0 Å². The third kappa shape index (κ3) is 2.68. The molecule has 1 atom stereocenters. The van der Waals surface area contributed by atoms with Crippen molar-refractivity contribution in [3.05, 3.63) is 53.3 Å². The molecule has 0 spiro atoms. The van der Waals surface area contributed by atoms with Crippen molar-refractivity contribution < 1.29 is 13.4 Å². The first-order valence-corrected chi connectivity index (χ1v) is 11.2. The Morgan fingerprint density at radius 2 is 2.00 bits per heavy atom. The quantitative estimate of drug-likeness (QED) is 0.691. The van der Waals surface area contributed by atoms with Gasteiger partial charge in [-0.15, -0.1) is 0 Å². The maximum atomic E-state index is 13.6. The van der Waals surface area contributed by atoms with E-state index in [4.69, 9.17) is 28.1 Å². The van der Waals surface area contributed by atoms with E-state index in [1.807, 2.05) is 12.1 Å². The highest BCUT2D eigenvalue weighted by Crippen LogP contribution is 2.40. The molecule has 0 saturated carbocycles. The summed E-state index contributed by atoms with van der Waals surface area (Å²) in [5, 5.41) is 8.21. The average molecular weight is 454 g/mol. The molecule has 2 N–H and O–H groups in total. The Balaban J connectivity index is 1.63. The molecule has 1 aliphatic carbocycles. The molecular weight excluding hydrogens is 437 g/mol. The molecule has 8 nitrogen and oxygen atoms in total. The van der Waals surface area contributed by atoms with E-state index in [1.165, 1.54) is 22.3 Å². The molecule has 5 rings (SSSR count). The summed E-state index contributed by atoms with van der Waals surface area (Å²) in [4.78, 5) is 7.08. The van der Waals surface area contributed by atoms with Crippen molar-refractivity contribution in [3.8, 4) is 0 Å². The van der Waals surface area contributed by atoms with Gasteiger partial charge in [-0.2, -0.15) is 5.48 Å². The monoisotopic (exact) mass is 453 g/mol. The number of oxime groups is 1. The molecule has 1 aromatic carbocycles. The minimum atomic E-state index is -4.15. The minimum Gasteiger partial charge on any atom is -0.368 e. The summed E-state index contributed by atoms with van der Waals surface area (Å²) < 4.78 is 26.5. The summed E-state index contributed by atoms with van der Waals surface area (Å²) in [6.07, 6.45) is 4.27. The number of anilines is 1. The normalized spacial score (nSPS) is 24.3. The van der Waals surface area contributed by atoms with E-state index >= 15 is 0 Å². The Morgan fingerprint density at radius 3 is 2.79 bits per heavy atom. The van der Waals surface area contributed by atoms with Gasteiger partial charge in [0, 0.05) is 43.4 Å². The van der Waals surface area contributed by atoms with Crippen molar-refractivity contribution >= 4 is 55.5 Å². The van der Waals surface area contributed by atoms with Gasteiger partial charge in [0.05, 0.1) is 10.5 Å². The number of nitrogens with one attached hydrogen (secondary N) is 2. The lowest BCUT2D eigenvalue weighted by atomic mass is 10.1. The van der Waals surface area contributed by atoms with Gasteiger partial charge >= 0.3 is 0 Å². The van der Waals surface area contributed by atoms with Crippen molar-refractivity contribution in [1.29, 1.82) is 0 Å². The number of hydrogen-bond donors (Lipinski definition) is 2. The summed E-state index contributed by atoms with van der Waals surface area (Å²) in [7, 11) is -4.15. The highest BCUT2D eigenvalue weighted by molar-refractivity contribution is 7.94. The van der Waals surface area contributed by atoms with Gasteiger partial charge in [0.25, 0.3) is 10.0 Å². The molecule has 0 bridgehead atoms. The van der Waals surface area contributed by atoms with E-state index in [1.54, 1.807) is 12.1 Å². The van der Waals surface area contributed by atoms with E-state index in [0.717, 1.165) is 37.3 Å². The van der Waals surface area contributed by atoms with Crippen LogP contribution >= 0.6 is 23.2 Å². The van der Waals surface area contributed by atoms with Gasteiger partial charge in [0.1, 0.15) is 5.70 Å². The largest absolute Gasteiger partial charge is 0.368 e. The molecule has 0 radical (unpaired) electrons. The van der Waals surface area contributed by atoms with Crippen LogP contribution in [0.4, 0.5) is 5.69 Å². The van der Waals surface area contributed by atoms with Crippen molar-refractivity contribution in [2.24, 2.45) is 5.16 Å². The second kappa shape index (κ2) is 6.66. The lowest BCUT2D eigenvalue weighted by molar-refractivity contribution is 0.0903. The third-order valence-corrected chi connectivity index (χ3v) is 8.41. The third-order valence-electron chi connectivity index (χ3n) is 5.29. The number of halogens is 2. The number of benzene rings is 1. The molecule has 2 aromatic rings. The first-order chi connectivity index (χ1) is 13.9. The lowest BCUT2D eigenvalue weighted by Gasteiger charge is -2.30. The minimum absolute atomic E-state index is 0.00627. The van der Waals surface area contributed by atoms with Crippen molar-refractivity contribution in [2.45, 2.75) is 4.21 Å². The van der Waals surface area contributed by atoms with Crippen molar-refractivity contribution in [3.63, 3.8) is 0 Å². The molecule has 0 amide bonds. The van der Waals surface area contributed by atoms with Crippen LogP contribution in [0.3, 0.4) is 0 Å². The number of piperazine rings is 1. The number of hydrogen-bond acceptors (Lipinski definition) is 7. The molecule has 1 aromatic heterocycles. The van der Waals surface area contributed by atoms with Gasteiger partial charge in [-0.3, -0.25) is 4.94 Å². The molecule has 11 heteroatoms. The Bertz CT molecular complexity index is 1200. The zero-order chi connectivity index (χ0) is 20.2. The fourth-order valence-electron chi connectivity index (χ4n) is 3.81. The van der Waals surface area contributed by atoms with E-state index in [0.29, 0.717) is 5.52 Å². The first kappa shape index (κ1) is 18.8. The predicted molar refractivity (Wildman–Crippen MR) is 114 cm³/mol.